The van der Waals surface area contributed by atoms with Crippen LogP contribution in [0.4, 0.5) is 0 Å². The predicted molar refractivity (Wildman–Crippen MR) is 52.2 cm³/mol. The number of hydrogen-bond acceptors (Lipinski definition) is 1. The van der Waals surface area contributed by atoms with E-state index in [0.717, 1.165) is 12.0 Å². The first kappa shape index (κ1) is 8.55. The van der Waals surface area contributed by atoms with Crippen LogP contribution in [0.3, 0.4) is 0 Å². The van der Waals surface area contributed by atoms with Crippen LogP contribution >= 0.6 is 0 Å². The lowest BCUT2D eigenvalue weighted by molar-refractivity contribution is 0.499. The minimum atomic E-state index is 0.879. The van der Waals surface area contributed by atoms with Crippen molar-refractivity contribution in [2.24, 2.45) is 5.92 Å². The summed E-state index contributed by atoms with van der Waals surface area (Å²) < 4.78 is 0. The maximum atomic E-state index is 3.66. The van der Waals surface area contributed by atoms with Gasteiger partial charge in [-0.05, 0) is 38.1 Å². The molecule has 0 amide bonds. The Kier molecular flexibility index (Phi) is 3.04. The summed E-state index contributed by atoms with van der Waals surface area (Å²) in [5, 5.41) is 3.66. The molecule has 70 valence electrons. The van der Waals surface area contributed by atoms with Crippen LogP contribution in [-0.4, -0.2) is 12.6 Å². The fourth-order valence-corrected chi connectivity index (χ4v) is 2.23. The summed E-state index contributed by atoms with van der Waals surface area (Å²) >= 11 is 0. The lowest BCUT2D eigenvalue weighted by Crippen LogP contribution is -2.26. The maximum absolute atomic E-state index is 3.66. The molecule has 2 fully saturated rings. The predicted octanol–water partition coefficient (Wildman–Crippen LogP) is 2.71. The molecule has 12 heavy (non-hydrogen) atoms. The molecular weight excluding hydrogens is 146 g/mol. The lowest BCUT2D eigenvalue weighted by atomic mass is 10.2. The van der Waals surface area contributed by atoms with Crippen LogP contribution in [0.25, 0.3) is 0 Å². The van der Waals surface area contributed by atoms with Crippen LogP contribution in [0.1, 0.15) is 51.4 Å². The third-order valence-electron chi connectivity index (χ3n) is 3.27. The van der Waals surface area contributed by atoms with Crippen LogP contribution < -0.4 is 5.32 Å². The minimum absolute atomic E-state index is 0.879. The van der Waals surface area contributed by atoms with Gasteiger partial charge in [0.2, 0.25) is 0 Å². The Bertz CT molecular complexity index is 123. The van der Waals surface area contributed by atoms with Crippen molar-refractivity contribution in [3.63, 3.8) is 0 Å². The Morgan fingerprint density at radius 1 is 1.00 bits per heavy atom. The zero-order valence-electron chi connectivity index (χ0n) is 8.02. The standard InChI is InChI=1S/C11H21N/c1-2-6-11(5-1)12-9-3-4-10-7-8-10/h10-12H,1-9H2. The summed E-state index contributed by atoms with van der Waals surface area (Å²) in [5.41, 5.74) is 0. The zero-order valence-corrected chi connectivity index (χ0v) is 8.02. The van der Waals surface area contributed by atoms with E-state index < -0.39 is 0 Å². The average molecular weight is 167 g/mol. The largest absolute Gasteiger partial charge is 0.314 e. The molecule has 0 aliphatic heterocycles. The average Bonchev–Trinajstić information content (AvgIpc) is 2.76. The van der Waals surface area contributed by atoms with Crippen LogP contribution in [0.5, 0.6) is 0 Å². The van der Waals surface area contributed by atoms with E-state index in [9.17, 15) is 0 Å². The second-order valence-corrected chi connectivity index (χ2v) is 4.52. The molecule has 2 saturated carbocycles. The van der Waals surface area contributed by atoms with Gasteiger partial charge in [0.1, 0.15) is 0 Å². The molecule has 2 aliphatic carbocycles. The van der Waals surface area contributed by atoms with E-state index in [4.69, 9.17) is 0 Å². The summed E-state index contributed by atoms with van der Waals surface area (Å²) in [4.78, 5) is 0. The first-order chi connectivity index (χ1) is 5.95. The van der Waals surface area contributed by atoms with Crippen LogP contribution in [0.2, 0.25) is 0 Å². The first-order valence-electron chi connectivity index (χ1n) is 5.68. The number of rotatable bonds is 5. The summed E-state index contributed by atoms with van der Waals surface area (Å²) in [7, 11) is 0. The van der Waals surface area contributed by atoms with Gasteiger partial charge in [-0.2, -0.15) is 0 Å². The third kappa shape index (κ3) is 2.78. The number of hydrogen-bond donors (Lipinski definition) is 1. The van der Waals surface area contributed by atoms with Crippen LogP contribution in [0, 0.1) is 5.92 Å². The fraction of sp³-hybridized carbons (Fsp3) is 1.00. The van der Waals surface area contributed by atoms with Gasteiger partial charge in [0.25, 0.3) is 0 Å². The van der Waals surface area contributed by atoms with Crippen molar-refractivity contribution in [2.75, 3.05) is 6.54 Å². The third-order valence-corrected chi connectivity index (χ3v) is 3.27. The Morgan fingerprint density at radius 3 is 2.42 bits per heavy atom. The zero-order chi connectivity index (χ0) is 8.23. The Hall–Kier alpha value is -0.0400. The van der Waals surface area contributed by atoms with Gasteiger partial charge in [0.15, 0.2) is 0 Å². The van der Waals surface area contributed by atoms with Crippen molar-refractivity contribution in [1.82, 2.24) is 5.32 Å². The molecule has 1 heteroatoms. The quantitative estimate of drug-likeness (QED) is 0.621. The molecule has 0 aromatic rings. The van der Waals surface area contributed by atoms with Gasteiger partial charge in [-0.1, -0.05) is 25.7 Å². The first-order valence-corrected chi connectivity index (χ1v) is 5.68. The molecule has 1 nitrogen and oxygen atoms in total. The number of nitrogens with one attached hydrogen (secondary N) is 1. The van der Waals surface area contributed by atoms with Crippen LogP contribution in [-0.2, 0) is 0 Å². The molecule has 0 aromatic carbocycles. The van der Waals surface area contributed by atoms with Gasteiger partial charge in [-0.3, -0.25) is 0 Å². The molecule has 0 spiro atoms. The molecule has 0 heterocycles. The topological polar surface area (TPSA) is 12.0 Å². The highest BCUT2D eigenvalue weighted by Gasteiger charge is 2.20. The summed E-state index contributed by atoms with van der Waals surface area (Å²) in [6.07, 6.45) is 11.7. The molecule has 1 N–H and O–H groups in total. The van der Waals surface area contributed by atoms with Gasteiger partial charge >= 0.3 is 0 Å². The molecule has 0 atom stereocenters. The Labute approximate surface area is 75.9 Å². The van der Waals surface area contributed by atoms with Crippen molar-refractivity contribution >= 4 is 0 Å². The van der Waals surface area contributed by atoms with Crippen molar-refractivity contribution < 1.29 is 0 Å². The Morgan fingerprint density at radius 2 is 1.75 bits per heavy atom. The smallest absolute Gasteiger partial charge is 0.00670 e. The van der Waals surface area contributed by atoms with E-state index in [-0.39, 0.29) is 0 Å². The van der Waals surface area contributed by atoms with Gasteiger partial charge in [0.05, 0.1) is 0 Å². The second-order valence-electron chi connectivity index (χ2n) is 4.52. The molecular formula is C11H21N. The van der Waals surface area contributed by atoms with E-state index in [1.165, 1.54) is 57.9 Å². The van der Waals surface area contributed by atoms with E-state index in [1.807, 2.05) is 0 Å². The van der Waals surface area contributed by atoms with E-state index in [1.54, 1.807) is 0 Å². The molecule has 0 bridgehead atoms. The van der Waals surface area contributed by atoms with E-state index >= 15 is 0 Å². The van der Waals surface area contributed by atoms with Gasteiger partial charge in [-0.25, -0.2) is 0 Å². The molecule has 0 radical (unpaired) electrons. The molecule has 0 aromatic heterocycles. The molecule has 0 saturated heterocycles. The van der Waals surface area contributed by atoms with Crippen molar-refractivity contribution in [2.45, 2.75) is 57.4 Å². The fourth-order valence-electron chi connectivity index (χ4n) is 2.23. The maximum Gasteiger partial charge on any atom is 0.00670 e. The van der Waals surface area contributed by atoms with Crippen LogP contribution in [0.15, 0.2) is 0 Å². The van der Waals surface area contributed by atoms with Crippen molar-refractivity contribution in [1.29, 1.82) is 0 Å². The van der Waals surface area contributed by atoms with Gasteiger partial charge < -0.3 is 5.32 Å². The van der Waals surface area contributed by atoms with Crippen molar-refractivity contribution in [3.8, 4) is 0 Å². The molecule has 2 rings (SSSR count). The van der Waals surface area contributed by atoms with Gasteiger partial charge in [0, 0.05) is 6.04 Å². The molecule has 2 aliphatic rings. The highest BCUT2D eigenvalue weighted by molar-refractivity contribution is 4.75. The summed E-state index contributed by atoms with van der Waals surface area (Å²) in [6, 6.07) is 0.879. The normalized spacial score (nSPS) is 25.0. The van der Waals surface area contributed by atoms with Crippen molar-refractivity contribution in [3.05, 3.63) is 0 Å². The lowest BCUT2D eigenvalue weighted by Gasteiger charge is -2.10. The Balaban J connectivity index is 1.44. The second kappa shape index (κ2) is 4.27. The SMILES string of the molecule is C(CNC1CCCC1)CC1CC1. The van der Waals surface area contributed by atoms with Gasteiger partial charge in [-0.15, -0.1) is 0 Å². The van der Waals surface area contributed by atoms with E-state index in [2.05, 4.69) is 5.32 Å². The summed E-state index contributed by atoms with van der Waals surface area (Å²) in [6.45, 7) is 1.28. The highest BCUT2D eigenvalue weighted by atomic mass is 14.9. The van der Waals surface area contributed by atoms with E-state index in [0.29, 0.717) is 0 Å². The summed E-state index contributed by atoms with van der Waals surface area (Å²) in [5.74, 6) is 1.12. The highest BCUT2D eigenvalue weighted by Crippen LogP contribution is 2.33. The monoisotopic (exact) mass is 167 g/mol. The molecule has 0 unspecified atom stereocenters. The minimum Gasteiger partial charge on any atom is -0.314 e.